The fourth-order valence-electron chi connectivity index (χ4n) is 1.14. The second kappa shape index (κ2) is 5.48. The first-order chi connectivity index (χ1) is 7.50. The molecule has 0 saturated heterocycles. The molecule has 0 amide bonds. The Bertz CT molecular complexity index is 355. The van der Waals surface area contributed by atoms with Gasteiger partial charge in [0.1, 0.15) is 6.33 Å². The summed E-state index contributed by atoms with van der Waals surface area (Å²) in [5, 5.41) is 3.03. The van der Waals surface area contributed by atoms with Crippen molar-refractivity contribution in [3.8, 4) is 0 Å². The highest BCUT2D eigenvalue weighted by Crippen LogP contribution is 2.22. The third kappa shape index (κ3) is 3.33. The number of thioether (sulfide) groups is 1. The highest BCUT2D eigenvalue weighted by atomic mass is 32.2. The summed E-state index contributed by atoms with van der Waals surface area (Å²) >= 11 is 1.73. The van der Waals surface area contributed by atoms with Crippen molar-refractivity contribution in [3.05, 3.63) is 17.8 Å². The Morgan fingerprint density at radius 2 is 2.12 bits per heavy atom. The van der Waals surface area contributed by atoms with Crippen molar-refractivity contribution < 1.29 is 4.39 Å². The molecule has 0 unspecified atom stereocenters. The summed E-state index contributed by atoms with van der Waals surface area (Å²) in [6.45, 7) is 6.75. The van der Waals surface area contributed by atoms with Crippen LogP contribution in [0.15, 0.2) is 6.33 Å². The first kappa shape index (κ1) is 13.2. The van der Waals surface area contributed by atoms with Crippen molar-refractivity contribution >= 4 is 17.6 Å². The summed E-state index contributed by atoms with van der Waals surface area (Å²) in [5.74, 6) is -0.0316. The van der Waals surface area contributed by atoms with Crippen LogP contribution in [-0.4, -0.2) is 27.5 Å². The highest BCUT2D eigenvalue weighted by Gasteiger charge is 2.17. The SMILES string of the molecule is CCc1ncnc(NCC(C)(C)SC)c1F. The van der Waals surface area contributed by atoms with Gasteiger partial charge in [-0.25, -0.2) is 14.4 Å². The quantitative estimate of drug-likeness (QED) is 0.863. The number of nitrogens with one attached hydrogen (secondary N) is 1. The lowest BCUT2D eigenvalue weighted by molar-refractivity contribution is 0.594. The molecule has 0 saturated carbocycles. The smallest absolute Gasteiger partial charge is 0.186 e. The molecule has 0 aromatic carbocycles. The van der Waals surface area contributed by atoms with Gasteiger partial charge >= 0.3 is 0 Å². The third-order valence-electron chi connectivity index (χ3n) is 2.43. The van der Waals surface area contributed by atoms with Crippen molar-refractivity contribution in [2.75, 3.05) is 18.1 Å². The minimum atomic E-state index is -0.332. The molecule has 5 heteroatoms. The molecule has 0 aliphatic heterocycles. The molecule has 1 aromatic heterocycles. The predicted octanol–water partition coefficient (Wildman–Crippen LogP) is 2.73. The predicted molar refractivity (Wildman–Crippen MR) is 67.5 cm³/mol. The molecular formula is C11H18FN3S. The van der Waals surface area contributed by atoms with Crippen molar-refractivity contribution in [1.82, 2.24) is 9.97 Å². The van der Waals surface area contributed by atoms with Crippen molar-refractivity contribution in [2.24, 2.45) is 0 Å². The zero-order valence-electron chi connectivity index (χ0n) is 10.2. The molecule has 1 aromatic rings. The Hall–Kier alpha value is -0.840. The molecule has 1 N–H and O–H groups in total. The molecular weight excluding hydrogens is 225 g/mol. The van der Waals surface area contributed by atoms with Crippen LogP contribution in [0.4, 0.5) is 10.2 Å². The summed E-state index contributed by atoms with van der Waals surface area (Å²) in [4.78, 5) is 7.81. The minimum Gasteiger partial charge on any atom is -0.366 e. The van der Waals surface area contributed by atoms with Gasteiger partial charge in [0.05, 0.1) is 5.69 Å². The minimum absolute atomic E-state index is 0.0593. The van der Waals surface area contributed by atoms with Gasteiger partial charge in [-0.3, -0.25) is 0 Å². The molecule has 3 nitrogen and oxygen atoms in total. The van der Waals surface area contributed by atoms with Gasteiger partial charge < -0.3 is 5.32 Å². The molecule has 16 heavy (non-hydrogen) atoms. The molecule has 90 valence electrons. The maximum absolute atomic E-state index is 13.8. The standard InChI is InChI=1S/C11H18FN3S/c1-5-8-9(12)10(15-7-14-8)13-6-11(2,3)16-4/h7H,5-6H2,1-4H3,(H,13,14,15). The fraction of sp³-hybridized carbons (Fsp3) is 0.636. The van der Waals surface area contributed by atoms with Crippen LogP contribution in [0.5, 0.6) is 0 Å². The first-order valence-electron chi connectivity index (χ1n) is 5.28. The Morgan fingerprint density at radius 1 is 1.44 bits per heavy atom. The molecule has 0 fully saturated rings. The van der Waals surface area contributed by atoms with E-state index in [2.05, 4.69) is 29.1 Å². The van der Waals surface area contributed by atoms with E-state index in [0.29, 0.717) is 24.5 Å². The van der Waals surface area contributed by atoms with Crippen LogP contribution in [0, 0.1) is 5.82 Å². The largest absolute Gasteiger partial charge is 0.366 e. The van der Waals surface area contributed by atoms with Crippen LogP contribution in [0.3, 0.4) is 0 Å². The van der Waals surface area contributed by atoms with Crippen molar-refractivity contribution in [2.45, 2.75) is 31.9 Å². The van der Waals surface area contributed by atoms with Crippen LogP contribution < -0.4 is 5.32 Å². The lowest BCUT2D eigenvalue weighted by atomic mass is 10.2. The monoisotopic (exact) mass is 243 g/mol. The lowest BCUT2D eigenvalue weighted by Gasteiger charge is -2.22. The van der Waals surface area contributed by atoms with Gasteiger partial charge in [-0.2, -0.15) is 11.8 Å². The van der Waals surface area contributed by atoms with Crippen molar-refractivity contribution in [1.29, 1.82) is 0 Å². The number of rotatable bonds is 5. The molecule has 0 atom stereocenters. The zero-order valence-corrected chi connectivity index (χ0v) is 11.0. The second-order valence-electron chi connectivity index (χ2n) is 4.15. The van der Waals surface area contributed by atoms with E-state index in [1.807, 2.05) is 13.2 Å². The maximum atomic E-state index is 13.8. The van der Waals surface area contributed by atoms with Crippen LogP contribution in [-0.2, 0) is 6.42 Å². The average molecular weight is 243 g/mol. The van der Waals surface area contributed by atoms with Gasteiger partial charge in [0.25, 0.3) is 0 Å². The summed E-state index contributed by atoms with van der Waals surface area (Å²) in [6.07, 6.45) is 4.01. The summed E-state index contributed by atoms with van der Waals surface area (Å²) in [6, 6.07) is 0. The highest BCUT2D eigenvalue weighted by molar-refractivity contribution is 7.99. The third-order valence-corrected chi connectivity index (χ3v) is 3.68. The molecule has 0 spiro atoms. The van der Waals surface area contributed by atoms with Gasteiger partial charge in [-0.15, -0.1) is 0 Å². The molecule has 0 radical (unpaired) electrons. The maximum Gasteiger partial charge on any atom is 0.186 e. The Balaban J connectivity index is 2.75. The summed E-state index contributed by atoms with van der Waals surface area (Å²) < 4.78 is 13.8. The van der Waals surface area contributed by atoms with E-state index in [0.717, 1.165) is 0 Å². The van der Waals surface area contributed by atoms with Gasteiger partial charge in [0, 0.05) is 11.3 Å². The Morgan fingerprint density at radius 3 is 2.69 bits per heavy atom. The molecule has 0 aliphatic carbocycles. The topological polar surface area (TPSA) is 37.8 Å². The van der Waals surface area contributed by atoms with Crippen LogP contribution in [0.2, 0.25) is 0 Å². The van der Waals surface area contributed by atoms with E-state index in [1.165, 1.54) is 6.33 Å². The zero-order chi connectivity index (χ0) is 12.2. The molecule has 0 aliphatic rings. The first-order valence-corrected chi connectivity index (χ1v) is 6.51. The lowest BCUT2D eigenvalue weighted by Crippen LogP contribution is -2.26. The van der Waals surface area contributed by atoms with Gasteiger partial charge in [0.2, 0.25) is 0 Å². The van der Waals surface area contributed by atoms with E-state index >= 15 is 0 Å². The van der Waals surface area contributed by atoms with Crippen LogP contribution in [0.1, 0.15) is 26.5 Å². The van der Waals surface area contributed by atoms with Crippen molar-refractivity contribution in [3.63, 3.8) is 0 Å². The van der Waals surface area contributed by atoms with Gasteiger partial charge in [-0.05, 0) is 26.5 Å². The number of aryl methyl sites for hydroxylation is 1. The van der Waals surface area contributed by atoms with Crippen LogP contribution >= 0.6 is 11.8 Å². The van der Waals surface area contributed by atoms with Gasteiger partial charge in [-0.1, -0.05) is 6.92 Å². The number of aromatic nitrogens is 2. The fourth-order valence-corrected chi connectivity index (χ4v) is 1.36. The Kier molecular flexibility index (Phi) is 4.53. The number of hydrogen-bond acceptors (Lipinski definition) is 4. The van der Waals surface area contributed by atoms with E-state index in [4.69, 9.17) is 0 Å². The number of halogens is 1. The molecule has 0 bridgehead atoms. The number of hydrogen-bond donors (Lipinski definition) is 1. The van der Waals surface area contributed by atoms with Crippen LogP contribution in [0.25, 0.3) is 0 Å². The number of anilines is 1. The van der Waals surface area contributed by atoms with E-state index in [-0.39, 0.29) is 10.6 Å². The summed E-state index contributed by atoms with van der Waals surface area (Å²) in [5.41, 5.74) is 0.458. The normalized spacial score (nSPS) is 11.6. The summed E-state index contributed by atoms with van der Waals surface area (Å²) in [7, 11) is 0. The van der Waals surface area contributed by atoms with Gasteiger partial charge in [0.15, 0.2) is 11.6 Å². The molecule has 1 rings (SSSR count). The number of nitrogens with zero attached hydrogens (tertiary/aromatic N) is 2. The van der Waals surface area contributed by atoms with E-state index in [1.54, 1.807) is 11.8 Å². The second-order valence-corrected chi connectivity index (χ2v) is 5.67. The molecule has 1 heterocycles. The van der Waals surface area contributed by atoms with E-state index in [9.17, 15) is 4.39 Å². The Labute approximate surface area is 100 Å². The average Bonchev–Trinajstić information content (AvgIpc) is 2.28. The van der Waals surface area contributed by atoms with E-state index < -0.39 is 0 Å².